The Labute approximate surface area is 205 Å². The van der Waals surface area contributed by atoms with Crippen molar-refractivity contribution >= 4 is 11.7 Å². The monoisotopic (exact) mass is 473 g/mol. The molecule has 2 saturated heterocycles. The molecule has 2 aromatic heterocycles. The molecule has 5 rings (SSSR count). The van der Waals surface area contributed by atoms with Gasteiger partial charge in [0.1, 0.15) is 11.6 Å². The number of piperidine rings is 1. The third-order valence-corrected chi connectivity index (χ3v) is 6.48. The van der Waals surface area contributed by atoms with Crippen LogP contribution in [0.3, 0.4) is 0 Å². The summed E-state index contributed by atoms with van der Waals surface area (Å²) in [7, 11) is 0. The predicted molar refractivity (Wildman–Crippen MR) is 133 cm³/mol. The molecule has 0 N–H and O–H groups in total. The summed E-state index contributed by atoms with van der Waals surface area (Å²) in [6.07, 6.45) is 4.52. The molecule has 0 unspecified atom stereocenters. The van der Waals surface area contributed by atoms with Gasteiger partial charge in [0.25, 0.3) is 5.91 Å². The normalized spacial score (nSPS) is 18.4. The van der Waals surface area contributed by atoms with Gasteiger partial charge in [-0.25, -0.2) is 9.97 Å². The van der Waals surface area contributed by atoms with Crippen LogP contribution in [-0.2, 0) is 4.74 Å². The number of carbonyl (C=O) groups is 1. The van der Waals surface area contributed by atoms with Gasteiger partial charge in [0.15, 0.2) is 5.82 Å². The highest BCUT2D eigenvalue weighted by Crippen LogP contribution is 2.32. The van der Waals surface area contributed by atoms with Gasteiger partial charge >= 0.3 is 0 Å². The third-order valence-electron chi connectivity index (χ3n) is 6.48. The van der Waals surface area contributed by atoms with Gasteiger partial charge in [0, 0.05) is 43.2 Å². The number of carbonyl (C=O) groups excluding carboxylic acids is 1. The van der Waals surface area contributed by atoms with Crippen molar-refractivity contribution < 1.29 is 14.3 Å². The quantitative estimate of drug-likeness (QED) is 0.540. The van der Waals surface area contributed by atoms with Crippen molar-refractivity contribution in [2.75, 3.05) is 37.7 Å². The topological polar surface area (TPSA) is 80.7 Å². The molecule has 0 radical (unpaired) electrons. The molecule has 8 nitrogen and oxygen atoms in total. The van der Waals surface area contributed by atoms with Gasteiger partial charge < -0.3 is 19.3 Å². The van der Waals surface area contributed by atoms with Crippen LogP contribution in [0, 0.1) is 13.8 Å². The van der Waals surface area contributed by atoms with Crippen LogP contribution >= 0.6 is 0 Å². The van der Waals surface area contributed by atoms with Crippen LogP contribution in [0.25, 0.3) is 0 Å². The van der Waals surface area contributed by atoms with E-state index in [1.54, 1.807) is 12.3 Å². The van der Waals surface area contributed by atoms with E-state index in [2.05, 4.69) is 9.88 Å². The lowest BCUT2D eigenvalue weighted by Crippen LogP contribution is -2.40. The van der Waals surface area contributed by atoms with Gasteiger partial charge in [-0.15, -0.1) is 0 Å². The molecular weight excluding hydrogens is 442 g/mol. The fraction of sp³-hybridized carbons (Fsp3) is 0.407. The van der Waals surface area contributed by atoms with E-state index in [4.69, 9.17) is 19.4 Å². The third kappa shape index (κ3) is 5.43. The Kier molecular flexibility index (Phi) is 6.90. The van der Waals surface area contributed by atoms with Crippen LogP contribution in [-0.4, -0.2) is 58.6 Å². The second-order valence-corrected chi connectivity index (χ2v) is 9.13. The number of rotatable bonds is 5. The Bertz CT molecular complexity index is 1180. The lowest BCUT2D eigenvalue weighted by atomic mass is 10.00. The van der Waals surface area contributed by atoms with Crippen LogP contribution in [0.4, 0.5) is 5.82 Å². The summed E-state index contributed by atoms with van der Waals surface area (Å²) < 4.78 is 11.5. The largest absolute Gasteiger partial charge is 0.439 e. The Hall–Kier alpha value is -3.52. The number of hydrogen-bond acceptors (Lipinski definition) is 7. The molecule has 35 heavy (non-hydrogen) atoms. The second kappa shape index (κ2) is 10.4. The maximum Gasteiger partial charge on any atom is 0.254 e. The smallest absolute Gasteiger partial charge is 0.254 e. The highest BCUT2D eigenvalue weighted by molar-refractivity contribution is 5.95. The standard InChI is InChI=1S/C27H31N5O3/c1-19-6-8-22(9-7-19)35-25-17-20(2)29-26(30-25)23-5-3-4-12-32(23)27(33)21-10-11-28-24(18-21)31-13-15-34-16-14-31/h6-11,17-18,23H,3-5,12-16H2,1-2H3/t23-/m1/s1. The van der Waals surface area contributed by atoms with E-state index >= 15 is 0 Å². The molecule has 0 bridgehead atoms. The van der Waals surface area contributed by atoms with Gasteiger partial charge in [-0.05, 0) is 57.4 Å². The molecule has 3 aromatic rings. The van der Waals surface area contributed by atoms with E-state index in [-0.39, 0.29) is 11.9 Å². The SMILES string of the molecule is Cc1ccc(Oc2cc(C)nc([C@H]3CCCCN3C(=O)c3ccnc(N4CCOCC4)c3)n2)cc1. The van der Waals surface area contributed by atoms with Crippen molar-refractivity contribution in [3.8, 4) is 11.6 Å². The number of pyridine rings is 1. The molecule has 0 saturated carbocycles. The second-order valence-electron chi connectivity index (χ2n) is 9.13. The van der Waals surface area contributed by atoms with E-state index in [1.807, 2.05) is 55.1 Å². The minimum atomic E-state index is -0.198. The average Bonchev–Trinajstić information content (AvgIpc) is 2.90. The summed E-state index contributed by atoms with van der Waals surface area (Å²) in [5.74, 6) is 2.64. The number of aromatic nitrogens is 3. The van der Waals surface area contributed by atoms with E-state index in [9.17, 15) is 4.79 Å². The number of benzene rings is 1. The molecule has 2 aliphatic rings. The molecular formula is C27H31N5O3. The van der Waals surface area contributed by atoms with E-state index in [0.717, 1.165) is 49.6 Å². The summed E-state index contributed by atoms with van der Waals surface area (Å²) in [5, 5.41) is 0. The number of likely N-dealkylation sites (tertiary alicyclic amines) is 1. The Morgan fingerprint density at radius 2 is 1.80 bits per heavy atom. The molecule has 1 aromatic carbocycles. The van der Waals surface area contributed by atoms with Crippen LogP contribution in [0.2, 0.25) is 0 Å². The summed E-state index contributed by atoms with van der Waals surface area (Å²) >= 11 is 0. The number of aryl methyl sites for hydroxylation is 2. The maximum atomic E-state index is 13.7. The zero-order valence-electron chi connectivity index (χ0n) is 20.3. The highest BCUT2D eigenvalue weighted by Gasteiger charge is 2.31. The van der Waals surface area contributed by atoms with Crippen molar-refractivity contribution in [3.05, 3.63) is 71.3 Å². The maximum absolute atomic E-state index is 13.7. The number of morpholine rings is 1. The fourth-order valence-electron chi connectivity index (χ4n) is 4.62. The van der Waals surface area contributed by atoms with Gasteiger partial charge in [-0.2, -0.15) is 4.98 Å². The molecule has 182 valence electrons. The van der Waals surface area contributed by atoms with Crippen molar-refractivity contribution in [3.63, 3.8) is 0 Å². The van der Waals surface area contributed by atoms with E-state index in [0.29, 0.717) is 37.0 Å². The first-order chi connectivity index (χ1) is 17.1. The van der Waals surface area contributed by atoms with Crippen LogP contribution in [0.15, 0.2) is 48.7 Å². The lowest BCUT2D eigenvalue weighted by molar-refractivity contribution is 0.0598. The average molecular weight is 474 g/mol. The van der Waals surface area contributed by atoms with Crippen molar-refractivity contribution in [1.29, 1.82) is 0 Å². The Balaban J connectivity index is 1.39. The van der Waals surface area contributed by atoms with E-state index in [1.165, 1.54) is 5.56 Å². The molecule has 1 atom stereocenters. The molecule has 8 heteroatoms. The molecule has 2 aliphatic heterocycles. The molecule has 2 fully saturated rings. The summed E-state index contributed by atoms with van der Waals surface area (Å²) in [6, 6.07) is 13.2. The minimum absolute atomic E-state index is 0.0160. The first kappa shape index (κ1) is 23.2. The van der Waals surface area contributed by atoms with Crippen LogP contribution < -0.4 is 9.64 Å². The molecule has 4 heterocycles. The minimum Gasteiger partial charge on any atom is -0.439 e. The molecule has 1 amide bonds. The number of anilines is 1. The van der Waals surface area contributed by atoms with Gasteiger partial charge in [-0.1, -0.05) is 17.7 Å². The van der Waals surface area contributed by atoms with Crippen molar-refractivity contribution in [2.45, 2.75) is 39.2 Å². The number of ether oxygens (including phenoxy) is 2. The summed E-state index contributed by atoms with van der Waals surface area (Å²) in [4.78, 5) is 31.7. The number of hydrogen-bond donors (Lipinski definition) is 0. The summed E-state index contributed by atoms with van der Waals surface area (Å²) in [5.41, 5.74) is 2.62. The fourth-order valence-corrected chi connectivity index (χ4v) is 4.62. The zero-order chi connectivity index (χ0) is 24.2. The highest BCUT2D eigenvalue weighted by atomic mass is 16.5. The van der Waals surface area contributed by atoms with Crippen molar-refractivity contribution in [2.24, 2.45) is 0 Å². The summed E-state index contributed by atoms with van der Waals surface area (Å²) in [6.45, 7) is 7.54. The van der Waals surface area contributed by atoms with Gasteiger partial charge in [-0.3, -0.25) is 4.79 Å². The van der Waals surface area contributed by atoms with Crippen LogP contribution in [0.5, 0.6) is 11.6 Å². The van der Waals surface area contributed by atoms with Crippen molar-refractivity contribution in [1.82, 2.24) is 19.9 Å². The Morgan fingerprint density at radius 3 is 2.60 bits per heavy atom. The zero-order valence-corrected chi connectivity index (χ0v) is 20.3. The van der Waals surface area contributed by atoms with Gasteiger partial charge in [0.05, 0.1) is 19.3 Å². The Morgan fingerprint density at radius 1 is 1.00 bits per heavy atom. The molecule has 0 spiro atoms. The van der Waals surface area contributed by atoms with Gasteiger partial charge in [0.2, 0.25) is 5.88 Å². The first-order valence-electron chi connectivity index (χ1n) is 12.3. The molecule has 0 aliphatic carbocycles. The number of amides is 1. The first-order valence-corrected chi connectivity index (χ1v) is 12.3. The van der Waals surface area contributed by atoms with E-state index < -0.39 is 0 Å². The predicted octanol–water partition coefficient (Wildman–Crippen LogP) is 4.48. The number of nitrogens with zero attached hydrogens (tertiary/aromatic N) is 5. The van der Waals surface area contributed by atoms with Crippen LogP contribution in [0.1, 0.15) is 52.7 Å². The lowest BCUT2D eigenvalue weighted by Gasteiger charge is -2.35.